The van der Waals surface area contributed by atoms with E-state index in [4.69, 9.17) is 9.97 Å². The number of benzene rings is 5. The summed E-state index contributed by atoms with van der Waals surface area (Å²) in [6.45, 7) is 17.8. The fourth-order valence-electron chi connectivity index (χ4n) is 6.79. The number of imidazole rings is 1. The van der Waals surface area contributed by atoms with Crippen LogP contribution in [0.5, 0.6) is 5.75 Å². The second kappa shape index (κ2) is 14.8. The summed E-state index contributed by atoms with van der Waals surface area (Å²) in [6, 6.07) is 43.4. The van der Waals surface area contributed by atoms with Crippen molar-refractivity contribution in [3.63, 3.8) is 0 Å². The Bertz CT molecular complexity index is 2430. The van der Waals surface area contributed by atoms with Crippen LogP contribution in [0.25, 0.3) is 67.2 Å². The van der Waals surface area contributed by atoms with Crippen LogP contribution in [-0.4, -0.2) is 19.6 Å². The first-order chi connectivity index (χ1) is 24.8. The second-order valence-electron chi connectivity index (χ2n) is 15.7. The zero-order chi connectivity index (χ0) is 36.8. The fraction of sp³-hybridized carbons (Fsp3) is 0.208. The largest absolute Gasteiger partial charge is 0.507 e. The topological polar surface area (TPSA) is 50.9 Å². The first kappa shape index (κ1) is 37.7. The van der Waals surface area contributed by atoms with Gasteiger partial charge in [0.25, 0.3) is 0 Å². The van der Waals surface area contributed by atoms with E-state index in [9.17, 15) is 5.11 Å². The van der Waals surface area contributed by atoms with Crippen molar-refractivity contribution in [2.45, 2.75) is 66.2 Å². The van der Waals surface area contributed by atoms with Gasteiger partial charge in [-0.1, -0.05) is 131 Å². The number of para-hydroxylation sites is 2. The first-order valence-electron chi connectivity index (χ1n) is 18.0. The predicted molar refractivity (Wildman–Crippen MR) is 218 cm³/mol. The molecule has 0 atom stereocenters. The molecule has 0 aliphatic carbocycles. The summed E-state index contributed by atoms with van der Waals surface area (Å²) in [5.41, 5.74) is 14.1. The number of fused-ring (bicyclic) bond motifs is 1. The molecule has 53 heavy (non-hydrogen) atoms. The van der Waals surface area contributed by atoms with E-state index in [0.29, 0.717) is 11.4 Å². The molecule has 0 radical (unpaired) electrons. The van der Waals surface area contributed by atoms with E-state index in [1.54, 1.807) is 6.07 Å². The summed E-state index contributed by atoms with van der Waals surface area (Å²) in [7, 11) is 0. The molecule has 0 unspecified atom stereocenters. The molecule has 0 aliphatic heterocycles. The number of allylic oxidation sites excluding steroid dienone is 2. The van der Waals surface area contributed by atoms with E-state index in [1.165, 1.54) is 22.3 Å². The molecule has 5 heteroatoms. The summed E-state index contributed by atoms with van der Waals surface area (Å²) in [6.07, 6.45) is 3.98. The second-order valence-corrected chi connectivity index (χ2v) is 15.7. The van der Waals surface area contributed by atoms with Gasteiger partial charge in [0.2, 0.25) is 0 Å². The van der Waals surface area contributed by atoms with E-state index >= 15 is 0 Å². The molecule has 0 aliphatic rings. The molecule has 0 spiro atoms. The minimum atomic E-state index is -0.0779. The van der Waals surface area contributed by atoms with Crippen LogP contribution in [0.2, 0.25) is 0 Å². The SMILES string of the molecule is C/C=C(\C)c1ccccc1-c1cc(-c2ccccn2)[c-]c(-c2cccc3c2nc(-c2ccccc2O)n3-c2cc(C(C)(C)C)cc(C(C)(C)C)c2)c1.[Pt]. The zero-order valence-corrected chi connectivity index (χ0v) is 34.0. The summed E-state index contributed by atoms with van der Waals surface area (Å²) >= 11 is 0. The summed E-state index contributed by atoms with van der Waals surface area (Å²) in [5, 5.41) is 11.3. The van der Waals surface area contributed by atoms with Crippen LogP contribution < -0.4 is 0 Å². The fourth-order valence-corrected chi connectivity index (χ4v) is 6.79. The van der Waals surface area contributed by atoms with Gasteiger partial charge in [-0.25, -0.2) is 4.98 Å². The molecule has 2 heterocycles. The van der Waals surface area contributed by atoms with Crippen LogP contribution in [0.3, 0.4) is 0 Å². The van der Waals surface area contributed by atoms with E-state index in [2.05, 4.69) is 145 Å². The van der Waals surface area contributed by atoms with Gasteiger partial charge < -0.3 is 5.11 Å². The number of phenols is 1. The van der Waals surface area contributed by atoms with E-state index in [0.717, 1.165) is 50.2 Å². The Hall–Kier alpha value is -5.05. The smallest absolute Gasteiger partial charge is 0.148 e. The van der Waals surface area contributed by atoms with Crippen molar-refractivity contribution >= 4 is 16.6 Å². The van der Waals surface area contributed by atoms with Gasteiger partial charge in [0.15, 0.2) is 0 Å². The Kier molecular flexibility index (Phi) is 10.5. The minimum absolute atomic E-state index is 0. The quantitative estimate of drug-likeness (QED) is 0.169. The van der Waals surface area contributed by atoms with Gasteiger partial charge in [-0.3, -0.25) is 9.55 Å². The predicted octanol–water partition coefficient (Wildman–Crippen LogP) is 12.6. The van der Waals surface area contributed by atoms with Crippen LogP contribution in [0.15, 0.2) is 128 Å². The van der Waals surface area contributed by atoms with Crippen LogP contribution >= 0.6 is 0 Å². The maximum atomic E-state index is 11.3. The molecule has 7 rings (SSSR count). The Morgan fingerprint density at radius 3 is 1.96 bits per heavy atom. The van der Waals surface area contributed by atoms with E-state index in [-0.39, 0.29) is 37.6 Å². The van der Waals surface area contributed by atoms with Crippen molar-refractivity contribution in [1.29, 1.82) is 0 Å². The molecule has 7 aromatic rings. The maximum absolute atomic E-state index is 11.3. The molecule has 1 N–H and O–H groups in total. The third-order valence-electron chi connectivity index (χ3n) is 9.93. The van der Waals surface area contributed by atoms with E-state index in [1.807, 2.05) is 42.6 Å². The molecule has 4 nitrogen and oxygen atoms in total. The van der Waals surface area contributed by atoms with Gasteiger partial charge in [0, 0.05) is 38.6 Å². The molecule has 0 fully saturated rings. The number of phenolic OH excluding ortho intramolecular Hbond substituents is 1. The number of pyridine rings is 1. The standard InChI is InChI=1S/C48H46N3O.Pt/c1-9-31(2)38-17-10-11-18-39(38)32-25-33(27-34(26-32)42-21-14-15-24-49-42)40-20-16-22-43-45(40)50-46(41-19-12-13-23-44(41)52)51(43)37-29-35(47(3,4)5)28-36(30-37)48(6,7)8;/h9-26,28-30,52H,1-8H3;/q-1;/b31-9+;. The number of aromatic nitrogens is 3. The van der Waals surface area contributed by atoms with Crippen LogP contribution in [-0.2, 0) is 31.9 Å². The third kappa shape index (κ3) is 7.44. The number of aromatic hydroxyl groups is 1. The number of rotatable bonds is 6. The van der Waals surface area contributed by atoms with Crippen molar-refractivity contribution in [3.8, 4) is 56.3 Å². The average Bonchev–Trinajstić information content (AvgIpc) is 3.53. The van der Waals surface area contributed by atoms with Crippen molar-refractivity contribution in [3.05, 3.63) is 150 Å². The summed E-state index contributed by atoms with van der Waals surface area (Å²) in [5.74, 6) is 0.868. The van der Waals surface area contributed by atoms with Gasteiger partial charge in [-0.15, -0.1) is 23.8 Å². The molecule has 2 aromatic heterocycles. The molecule has 0 bridgehead atoms. The minimum Gasteiger partial charge on any atom is -0.507 e. The Labute approximate surface area is 328 Å². The Morgan fingerprint density at radius 1 is 0.698 bits per heavy atom. The number of hydrogen-bond donors (Lipinski definition) is 1. The summed E-state index contributed by atoms with van der Waals surface area (Å²) < 4.78 is 2.21. The first-order valence-corrected chi connectivity index (χ1v) is 18.0. The maximum Gasteiger partial charge on any atom is 0.148 e. The van der Waals surface area contributed by atoms with Crippen molar-refractivity contribution < 1.29 is 26.2 Å². The van der Waals surface area contributed by atoms with Crippen molar-refractivity contribution in [1.82, 2.24) is 14.5 Å². The van der Waals surface area contributed by atoms with Gasteiger partial charge in [-0.05, 0) is 88.9 Å². The molecule has 0 saturated carbocycles. The molecule has 0 saturated heterocycles. The van der Waals surface area contributed by atoms with Gasteiger partial charge in [0.05, 0.1) is 16.6 Å². The van der Waals surface area contributed by atoms with Crippen molar-refractivity contribution in [2.24, 2.45) is 0 Å². The van der Waals surface area contributed by atoms with E-state index < -0.39 is 0 Å². The van der Waals surface area contributed by atoms with Crippen LogP contribution in [0.4, 0.5) is 0 Å². The van der Waals surface area contributed by atoms with Gasteiger partial charge >= 0.3 is 0 Å². The average molecular weight is 876 g/mol. The molecule has 5 aromatic carbocycles. The molecular formula is C48H46N3OPt-. The number of nitrogens with zero attached hydrogens (tertiary/aromatic N) is 3. The normalized spacial score (nSPS) is 12.2. The molecular weight excluding hydrogens is 830 g/mol. The Balaban J connectivity index is 0.00000481. The number of hydrogen-bond acceptors (Lipinski definition) is 3. The van der Waals surface area contributed by atoms with Gasteiger partial charge in [0.1, 0.15) is 11.6 Å². The third-order valence-corrected chi connectivity index (χ3v) is 9.93. The van der Waals surface area contributed by atoms with Gasteiger partial charge in [-0.2, -0.15) is 0 Å². The zero-order valence-electron chi connectivity index (χ0n) is 31.7. The van der Waals surface area contributed by atoms with Crippen LogP contribution in [0, 0.1) is 6.07 Å². The van der Waals surface area contributed by atoms with Crippen LogP contribution in [0.1, 0.15) is 72.1 Å². The molecule has 270 valence electrons. The van der Waals surface area contributed by atoms with Crippen molar-refractivity contribution in [2.75, 3.05) is 0 Å². The summed E-state index contributed by atoms with van der Waals surface area (Å²) in [4.78, 5) is 10.1. The molecule has 0 amide bonds. The monoisotopic (exact) mass is 875 g/mol. The Morgan fingerprint density at radius 2 is 1.32 bits per heavy atom.